The SMILES string of the molecule is COc1ncnc2c1nc(N)n2CC1CN(C)CCN1C. The van der Waals surface area contributed by atoms with Crippen LogP contribution in [-0.4, -0.2) is 76.2 Å². The van der Waals surface area contributed by atoms with Gasteiger partial charge in [-0.2, -0.15) is 4.98 Å². The van der Waals surface area contributed by atoms with E-state index in [-0.39, 0.29) is 0 Å². The van der Waals surface area contributed by atoms with Crippen molar-refractivity contribution in [3.63, 3.8) is 0 Å². The Hall–Kier alpha value is -1.93. The minimum absolute atomic E-state index is 0.379. The lowest BCUT2D eigenvalue weighted by molar-refractivity contribution is 0.104. The first kappa shape index (κ1) is 14.0. The number of ether oxygens (including phenoxy) is 1. The maximum atomic E-state index is 6.07. The molecular formula is C13H21N7O. The van der Waals surface area contributed by atoms with E-state index in [4.69, 9.17) is 10.5 Å². The van der Waals surface area contributed by atoms with Crippen molar-refractivity contribution in [1.82, 2.24) is 29.3 Å². The summed E-state index contributed by atoms with van der Waals surface area (Å²) in [6.07, 6.45) is 1.48. The molecule has 3 rings (SSSR count). The van der Waals surface area contributed by atoms with Crippen LogP contribution in [0.4, 0.5) is 5.95 Å². The second-order valence-electron chi connectivity index (χ2n) is 5.53. The number of hydrogen-bond donors (Lipinski definition) is 1. The maximum Gasteiger partial charge on any atom is 0.245 e. The minimum Gasteiger partial charge on any atom is -0.479 e. The van der Waals surface area contributed by atoms with Crippen LogP contribution in [-0.2, 0) is 6.54 Å². The predicted octanol–water partition coefficient (Wildman–Crippen LogP) is -0.337. The fraction of sp³-hybridized carbons (Fsp3) is 0.615. The Morgan fingerprint density at radius 1 is 1.33 bits per heavy atom. The van der Waals surface area contributed by atoms with Gasteiger partial charge in [0.2, 0.25) is 11.8 Å². The van der Waals surface area contributed by atoms with Crippen molar-refractivity contribution in [2.75, 3.05) is 46.6 Å². The van der Waals surface area contributed by atoms with E-state index in [1.54, 1.807) is 7.11 Å². The summed E-state index contributed by atoms with van der Waals surface area (Å²) in [6.45, 7) is 3.89. The monoisotopic (exact) mass is 291 g/mol. The third-order valence-corrected chi connectivity index (χ3v) is 4.09. The molecule has 0 aliphatic carbocycles. The molecule has 2 aromatic heterocycles. The second kappa shape index (κ2) is 5.45. The molecule has 0 spiro atoms. The molecule has 1 aliphatic rings. The molecule has 1 saturated heterocycles. The molecule has 1 unspecified atom stereocenters. The summed E-state index contributed by atoms with van der Waals surface area (Å²) in [6, 6.07) is 0.379. The van der Waals surface area contributed by atoms with Crippen LogP contribution in [0.25, 0.3) is 11.2 Å². The van der Waals surface area contributed by atoms with Crippen molar-refractivity contribution < 1.29 is 4.74 Å². The van der Waals surface area contributed by atoms with E-state index in [9.17, 15) is 0 Å². The third-order valence-electron chi connectivity index (χ3n) is 4.09. The Morgan fingerprint density at radius 2 is 2.14 bits per heavy atom. The first-order chi connectivity index (χ1) is 10.1. The Labute approximate surface area is 123 Å². The smallest absolute Gasteiger partial charge is 0.245 e. The van der Waals surface area contributed by atoms with Crippen LogP contribution in [0.15, 0.2) is 6.33 Å². The van der Waals surface area contributed by atoms with Gasteiger partial charge < -0.3 is 15.4 Å². The van der Waals surface area contributed by atoms with Gasteiger partial charge in [-0.25, -0.2) is 9.97 Å². The third kappa shape index (κ3) is 2.52. The van der Waals surface area contributed by atoms with Crippen LogP contribution in [0.3, 0.4) is 0 Å². The number of methoxy groups -OCH3 is 1. The number of piperazine rings is 1. The number of fused-ring (bicyclic) bond motifs is 1. The molecule has 2 aromatic rings. The molecular weight excluding hydrogens is 270 g/mol. The average Bonchev–Trinajstić information content (AvgIpc) is 2.79. The number of anilines is 1. The Bertz CT molecular complexity index is 641. The first-order valence-corrected chi connectivity index (χ1v) is 6.99. The van der Waals surface area contributed by atoms with Crippen molar-refractivity contribution in [3.8, 4) is 5.88 Å². The minimum atomic E-state index is 0.379. The highest BCUT2D eigenvalue weighted by Gasteiger charge is 2.25. The summed E-state index contributed by atoms with van der Waals surface area (Å²) < 4.78 is 7.17. The van der Waals surface area contributed by atoms with Gasteiger partial charge in [-0.3, -0.25) is 9.47 Å². The predicted molar refractivity (Wildman–Crippen MR) is 80.2 cm³/mol. The van der Waals surface area contributed by atoms with Crippen LogP contribution in [0.5, 0.6) is 5.88 Å². The number of nitrogens with zero attached hydrogens (tertiary/aromatic N) is 6. The van der Waals surface area contributed by atoms with Crippen LogP contribution < -0.4 is 10.5 Å². The lowest BCUT2D eigenvalue weighted by Gasteiger charge is -2.37. The van der Waals surface area contributed by atoms with Gasteiger partial charge in [-0.05, 0) is 14.1 Å². The fourth-order valence-electron chi connectivity index (χ4n) is 2.77. The van der Waals surface area contributed by atoms with Gasteiger partial charge in [0.25, 0.3) is 0 Å². The normalized spacial score (nSPS) is 21.0. The molecule has 8 heteroatoms. The van der Waals surface area contributed by atoms with E-state index < -0.39 is 0 Å². The summed E-state index contributed by atoms with van der Waals surface area (Å²) in [5.74, 6) is 0.907. The van der Waals surface area contributed by atoms with Crippen molar-refractivity contribution in [2.45, 2.75) is 12.6 Å². The molecule has 0 bridgehead atoms. The number of aromatic nitrogens is 4. The maximum absolute atomic E-state index is 6.07. The first-order valence-electron chi connectivity index (χ1n) is 6.99. The van der Waals surface area contributed by atoms with Crippen LogP contribution >= 0.6 is 0 Å². The molecule has 0 aromatic carbocycles. The van der Waals surface area contributed by atoms with Gasteiger partial charge in [0.05, 0.1) is 7.11 Å². The summed E-state index contributed by atoms with van der Waals surface area (Å²) in [7, 11) is 5.85. The Morgan fingerprint density at radius 3 is 2.90 bits per heavy atom. The highest BCUT2D eigenvalue weighted by Crippen LogP contribution is 2.23. The molecule has 1 aliphatic heterocycles. The molecule has 1 atom stereocenters. The highest BCUT2D eigenvalue weighted by molar-refractivity contribution is 5.78. The molecule has 8 nitrogen and oxygen atoms in total. The molecule has 0 saturated carbocycles. The number of likely N-dealkylation sites (N-methyl/N-ethyl adjacent to an activating group) is 2. The zero-order chi connectivity index (χ0) is 15.0. The van der Waals surface area contributed by atoms with Crippen LogP contribution in [0, 0.1) is 0 Å². The number of hydrogen-bond acceptors (Lipinski definition) is 7. The van der Waals surface area contributed by atoms with Crippen LogP contribution in [0.2, 0.25) is 0 Å². The van der Waals surface area contributed by atoms with E-state index in [2.05, 4.69) is 38.8 Å². The number of rotatable bonds is 3. The van der Waals surface area contributed by atoms with E-state index >= 15 is 0 Å². The van der Waals surface area contributed by atoms with E-state index in [0.717, 1.165) is 31.8 Å². The van der Waals surface area contributed by atoms with Crippen molar-refractivity contribution in [1.29, 1.82) is 0 Å². The molecule has 0 radical (unpaired) electrons. The number of nitrogen functional groups attached to an aromatic ring is 1. The Balaban J connectivity index is 1.95. The average molecular weight is 291 g/mol. The van der Waals surface area contributed by atoms with E-state index in [1.807, 2.05) is 4.57 Å². The quantitative estimate of drug-likeness (QED) is 0.828. The summed E-state index contributed by atoms with van der Waals surface area (Å²) in [4.78, 5) is 17.4. The zero-order valence-corrected chi connectivity index (χ0v) is 12.7. The lowest BCUT2D eigenvalue weighted by Crippen LogP contribution is -2.51. The molecule has 0 amide bonds. The van der Waals surface area contributed by atoms with Crippen LogP contribution in [0.1, 0.15) is 0 Å². The Kier molecular flexibility index (Phi) is 3.64. The topological polar surface area (TPSA) is 85.3 Å². The largest absolute Gasteiger partial charge is 0.479 e. The summed E-state index contributed by atoms with van der Waals surface area (Å²) in [5.41, 5.74) is 7.41. The molecule has 2 N–H and O–H groups in total. The second-order valence-corrected chi connectivity index (χ2v) is 5.53. The number of nitrogens with two attached hydrogens (primary N) is 1. The van der Waals surface area contributed by atoms with Crippen molar-refractivity contribution in [2.24, 2.45) is 0 Å². The zero-order valence-electron chi connectivity index (χ0n) is 12.7. The van der Waals surface area contributed by atoms with Gasteiger partial charge in [-0.15, -0.1) is 0 Å². The van der Waals surface area contributed by atoms with Gasteiger partial charge in [0.15, 0.2) is 11.2 Å². The van der Waals surface area contributed by atoms with E-state index in [0.29, 0.717) is 23.4 Å². The summed E-state index contributed by atoms with van der Waals surface area (Å²) >= 11 is 0. The fourth-order valence-corrected chi connectivity index (χ4v) is 2.77. The standard InChI is InChI=1S/C13H21N7O/c1-18-4-5-19(2)9(6-18)7-20-11-10(17-13(20)14)12(21-3)16-8-15-11/h8-9H,4-7H2,1-3H3,(H2,14,17). The molecule has 114 valence electrons. The van der Waals surface area contributed by atoms with Gasteiger partial charge >= 0.3 is 0 Å². The van der Waals surface area contributed by atoms with Gasteiger partial charge in [0, 0.05) is 32.2 Å². The van der Waals surface area contributed by atoms with E-state index in [1.165, 1.54) is 6.33 Å². The van der Waals surface area contributed by atoms with Gasteiger partial charge in [0.1, 0.15) is 6.33 Å². The number of imidazole rings is 1. The van der Waals surface area contributed by atoms with Crippen molar-refractivity contribution in [3.05, 3.63) is 6.33 Å². The molecule has 21 heavy (non-hydrogen) atoms. The van der Waals surface area contributed by atoms with Crippen molar-refractivity contribution >= 4 is 17.1 Å². The summed E-state index contributed by atoms with van der Waals surface area (Å²) in [5, 5.41) is 0. The highest BCUT2D eigenvalue weighted by atomic mass is 16.5. The van der Waals surface area contributed by atoms with Gasteiger partial charge in [-0.1, -0.05) is 0 Å². The lowest BCUT2D eigenvalue weighted by atomic mass is 10.2. The molecule has 1 fully saturated rings. The molecule has 3 heterocycles.